The first-order chi connectivity index (χ1) is 12.3. The van der Waals surface area contributed by atoms with Gasteiger partial charge in [-0.25, -0.2) is 4.99 Å². The molecular formula is C21H24N2O2. The molecule has 1 N–H and O–H groups in total. The molecule has 0 saturated carbocycles. The predicted octanol–water partition coefficient (Wildman–Crippen LogP) is 3.66. The third kappa shape index (κ3) is 3.13. The molecule has 4 aliphatic rings. The quantitative estimate of drug-likeness (QED) is 0.800. The SMILES string of the molecule is COC1=CCC(/C=C2/C(=O)NC3=NC=CCC32)CC1C1C=CC=CC1. The molecule has 0 spiro atoms. The lowest BCUT2D eigenvalue weighted by Crippen LogP contribution is -2.24. The van der Waals surface area contributed by atoms with Gasteiger partial charge in [-0.1, -0.05) is 36.5 Å². The molecule has 4 unspecified atom stereocenters. The van der Waals surface area contributed by atoms with E-state index in [2.05, 4.69) is 46.8 Å². The Morgan fingerprint density at radius 3 is 2.96 bits per heavy atom. The number of aliphatic imine (C=N–C) groups is 1. The van der Waals surface area contributed by atoms with Crippen molar-refractivity contribution in [2.75, 3.05) is 7.11 Å². The second-order valence-electron chi connectivity index (χ2n) is 7.12. The Bertz CT molecular complexity index is 739. The van der Waals surface area contributed by atoms with Crippen molar-refractivity contribution in [3.8, 4) is 0 Å². The fraction of sp³-hybridized carbons (Fsp3) is 0.429. The van der Waals surface area contributed by atoms with Crippen LogP contribution in [-0.2, 0) is 9.53 Å². The Labute approximate surface area is 148 Å². The summed E-state index contributed by atoms with van der Waals surface area (Å²) in [5, 5.41) is 2.92. The van der Waals surface area contributed by atoms with Gasteiger partial charge in [-0.05, 0) is 43.6 Å². The molecule has 0 aromatic rings. The fourth-order valence-electron chi connectivity index (χ4n) is 4.33. The Morgan fingerprint density at radius 1 is 1.24 bits per heavy atom. The highest BCUT2D eigenvalue weighted by Gasteiger charge is 2.36. The molecule has 2 aliphatic heterocycles. The van der Waals surface area contributed by atoms with Crippen LogP contribution in [0.5, 0.6) is 0 Å². The number of nitrogens with one attached hydrogen (secondary N) is 1. The van der Waals surface area contributed by atoms with Crippen LogP contribution in [0.1, 0.15) is 25.7 Å². The van der Waals surface area contributed by atoms with Crippen molar-refractivity contribution in [2.45, 2.75) is 25.7 Å². The number of rotatable bonds is 3. The summed E-state index contributed by atoms with van der Waals surface area (Å²) in [5.41, 5.74) is 0.889. The maximum Gasteiger partial charge on any atom is 0.252 e. The van der Waals surface area contributed by atoms with E-state index < -0.39 is 0 Å². The topological polar surface area (TPSA) is 50.7 Å². The van der Waals surface area contributed by atoms with Gasteiger partial charge >= 0.3 is 0 Å². The van der Waals surface area contributed by atoms with E-state index in [1.165, 1.54) is 0 Å². The van der Waals surface area contributed by atoms with E-state index in [4.69, 9.17) is 4.74 Å². The highest BCUT2D eigenvalue weighted by atomic mass is 16.5. The fourth-order valence-corrected chi connectivity index (χ4v) is 4.33. The van der Waals surface area contributed by atoms with E-state index in [-0.39, 0.29) is 11.8 Å². The van der Waals surface area contributed by atoms with Crippen molar-refractivity contribution >= 4 is 11.7 Å². The number of hydrogen-bond donors (Lipinski definition) is 1. The molecule has 2 aliphatic carbocycles. The minimum atomic E-state index is 0.0195. The van der Waals surface area contributed by atoms with Crippen LogP contribution in [0.3, 0.4) is 0 Å². The van der Waals surface area contributed by atoms with E-state index in [1.807, 2.05) is 6.08 Å². The van der Waals surface area contributed by atoms with Crippen molar-refractivity contribution < 1.29 is 9.53 Å². The average molecular weight is 336 g/mol. The van der Waals surface area contributed by atoms with Crippen LogP contribution in [0.2, 0.25) is 0 Å². The summed E-state index contributed by atoms with van der Waals surface area (Å²) in [4.78, 5) is 16.7. The second-order valence-corrected chi connectivity index (χ2v) is 7.12. The molecule has 4 heteroatoms. The number of hydrogen-bond acceptors (Lipinski definition) is 3. The lowest BCUT2D eigenvalue weighted by molar-refractivity contribution is -0.115. The van der Waals surface area contributed by atoms with E-state index in [0.29, 0.717) is 17.8 Å². The Morgan fingerprint density at radius 2 is 2.16 bits per heavy atom. The molecule has 4 nitrogen and oxygen atoms in total. The number of carbonyl (C=O) groups is 1. The number of allylic oxidation sites excluding steroid dienone is 8. The van der Waals surface area contributed by atoms with Gasteiger partial charge in [-0.3, -0.25) is 4.79 Å². The zero-order chi connectivity index (χ0) is 17.2. The Hall–Kier alpha value is -2.36. The summed E-state index contributed by atoms with van der Waals surface area (Å²) in [6.45, 7) is 0. The normalized spacial score (nSPS) is 35.2. The van der Waals surface area contributed by atoms with Gasteiger partial charge in [0.15, 0.2) is 0 Å². The molecule has 4 rings (SSSR count). The molecule has 0 radical (unpaired) electrons. The summed E-state index contributed by atoms with van der Waals surface area (Å²) in [5.74, 6) is 3.26. The number of fused-ring (bicyclic) bond motifs is 1. The van der Waals surface area contributed by atoms with Gasteiger partial charge in [0, 0.05) is 17.7 Å². The van der Waals surface area contributed by atoms with Crippen molar-refractivity contribution in [1.82, 2.24) is 5.32 Å². The lowest BCUT2D eigenvalue weighted by atomic mass is 9.75. The van der Waals surface area contributed by atoms with Crippen LogP contribution in [0.15, 0.2) is 65.1 Å². The molecule has 1 fully saturated rings. The van der Waals surface area contributed by atoms with Gasteiger partial charge in [0.2, 0.25) is 0 Å². The number of carbonyl (C=O) groups excluding carboxylic acids is 1. The molecule has 2 heterocycles. The Balaban J connectivity index is 1.55. The molecule has 0 aromatic heterocycles. The van der Waals surface area contributed by atoms with Gasteiger partial charge in [0.1, 0.15) is 5.84 Å². The highest BCUT2D eigenvalue weighted by molar-refractivity contribution is 6.17. The predicted molar refractivity (Wildman–Crippen MR) is 98.6 cm³/mol. The maximum absolute atomic E-state index is 12.4. The third-order valence-corrected chi connectivity index (χ3v) is 5.63. The highest BCUT2D eigenvalue weighted by Crippen LogP contribution is 2.39. The molecule has 0 aromatic carbocycles. The summed E-state index contributed by atoms with van der Waals surface area (Å²) >= 11 is 0. The molecule has 0 bridgehead atoms. The number of amides is 1. The zero-order valence-corrected chi connectivity index (χ0v) is 14.5. The smallest absolute Gasteiger partial charge is 0.252 e. The van der Waals surface area contributed by atoms with Crippen LogP contribution in [0, 0.1) is 23.7 Å². The van der Waals surface area contributed by atoms with Crippen molar-refractivity contribution in [3.05, 3.63) is 60.1 Å². The summed E-state index contributed by atoms with van der Waals surface area (Å²) in [6.07, 6.45) is 20.8. The minimum Gasteiger partial charge on any atom is -0.501 e. The van der Waals surface area contributed by atoms with Gasteiger partial charge < -0.3 is 10.1 Å². The summed E-state index contributed by atoms with van der Waals surface area (Å²) < 4.78 is 5.66. The zero-order valence-electron chi connectivity index (χ0n) is 14.5. The van der Waals surface area contributed by atoms with E-state index in [9.17, 15) is 4.79 Å². The van der Waals surface area contributed by atoms with Crippen LogP contribution in [0.25, 0.3) is 0 Å². The third-order valence-electron chi connectivity index (χ3n) is 5.63. The second kappa shape index (κ2) is 6.87. The first-order valence-corrected chi connectivity index (χ1v) is 9.09. The summed E-state index contributed by atoms with van der Waals surface area (Å²) in [7, 11) is 1.77. The van der Waals surface area contributed by atoms with E-state index in [1.54, 1.807) is 13.3 Å². The number of ether oxygens (including phenoxy) is 1. The van der Waals surface area contributed by atoms with Crippen LogP contribution in [0.4, 0.5) is 0 Å². The van der Waals surface area contributed by atoms with Gasteiger partial charge in [0.25, 0.3) is 5.91 Å². The lowest BCUT2D eigenvalue weighted by Gasteiger charge is -2.33. The first-order valence-electron chi connectivity index (χ1n) is 9.09. The van der Waals surface area contributed by atoms with Crippen LogP contribution in [-0.4, -0.2) is 18.9 Å². The minimum absolute atomic E-state index is 0.0195. The van der Waals surface area contributed by atoms with Crippen molar-refractivity contribution in [1.29, 1.82) is 0 Å². The number of amidine groups is 1. The van der Waals surface area contributed by atoms with Crippen molar-refractivity contribution in [3.63, 3.8) is 0 Å². The Kier molecular flexibility index (Phi) is 4.43. The molecule has 1 amide bonds. The number of methoxy groups -OCH3 is 1. The van der Waals surface area contributed by atoms with Crippen LogP contribution >= 0.6 is 0 Å². The van der Waals surface area contributed by atoms with Gasteiger partial charge in [-0.15, -0.1) is 0 Å². The largest absolute Gasteiger partial charge is 0.501 e. The molecule has 130 valence electrons. The molecular weight excluding hydrogens is 312 g/mol. The average Bonchev–Trinajstić information content (AvgIpc) is 2.98. The van der Waals surface area contributed by atoms with Gasteiger partial charge in [-0.2, -0.15) is 0 Å². The first kappa shape index (κ1) is 16.1. The maximum atomic E-state index is 12.4. The standard InChI is InChI=1S/C21H24N2O2/c1-25-19-10-9-14(12-17(19)15-6-3-2-4-7-15)13-18-16-8-5-11-22-20(16)23-21(18)24/h2-6,10-11,13-17H,7-9,12H2,1H3,(H,22,23,24)/b18-13+. The van der Waals surface area contributed by atoms with Crippen LogP contribution < -0.4 is 5.32 Å². The molecule has 25 heavy (non-hydrogen) atoms. The monoisotopic (exact) mass is 336 g/mol. The molecule has 1 saturated heterocycles. The van der Waals surface area contributed by atoms with Crippen molar-refractivity contribution in [2.24, 2.45) is 28.7 Å². The molecule has 4 atom stereocenters. The summed E-state index contributed by atoms with van der Waals surface area (Å²) in [6, 6.07) is 0. The van der Waals surface area contributed by atoms with Gasteiger partial charge in [0.05, 0.1) is 18.8 Å². The van der Waals surface area contributed by atoms with E-state index >= 15 is 0 Å². The number of nitrogens with zero attached hydrogens (tertiary/aromatic N) is 1. The van der Waals surface area contributed by atoms with E-state index in [0.717, 1.165) is 42.9 Å².